The van der Waals surface area contributed by atoms with Crippen molar-refractivity contribution in [2.75, 3.05) is 13.6 Å². The Kier molecular flexibility index (Phi) is 4.83. The summed E-state index contributed by atoms with van der Waals surface area (Å²) in [4.78, 5) is 13.7. The molecule has 0 radical (unpaired) electrons. The van der Waals surface area contributed by atoms with Crippen LogP contribution in [-0.4, -0.2) is 41.1 Å². The molecule has 1 aliphatic carbocycles. The van der Waals surface area contributed by atoms with Crippen LogP contribution in [0.1, 0.15) is 23.2 Å². The first-order chi connectivity index (χ1) is 9.74. The molecule has 1 aliphatic rings. The second-order valence-electron chi connectivity index (χ2n) is 5.25. The van der Waals surface area contributed by atoms with Gasteiger partial charge >= 0.3 is 5.51 Å². The van der Waals surface area contributed by atoms with Gasteiger partial charge < -0.3 is 10.0 Å². The van der Waals surface area contributed by atoms with Gasteiger partial charge in [0.2, 0.25) is 0 Å². The highest BCUT2D eigenvalue weighted by molar-refractivity contribution is 8.00. The van der Waals surface area contributed by atoms with E-state index in [2.05, 4.69) is 0 Å². The third kappa shape index (κ3) is 4.64. The second kappa shape index (κ2) is 6.27. The number of carbonyl (C=O) groups excluding carboxylic acids is 1. The second-order valence-corrected chi connectivity index (χ2v) is 6.39. The van der Waals surface area contributed by atoms with Gasteiger partial charge in [0.15, 0.2) is 0 Å². The Labute approximate surface area is 125 Å². The summed E-state index contributed by atoms with van der Waals surface area (Å²) in [7, 11) is 1.66. The van der Waals surface area contributed by atoms with E-state index in [0.29, 0.717) is 30.9 Å². The predicted molar refractivity (Wildman–Crippen MR) is 74.0 cm³/mol. The summed E-state index contributed by atoms with van der Waals surface area (Å²) in [5, 5.41) is 9.21. The van der Waals surface area contributed by atoms with Gasteiger partial charge in [-0.1, -0.05) is 0 Å². The van der Waals surface area contributed by atoms with Crippen LogP contribution in [0, 0.1) is 5.92 Å². The Morgan fingerprint density at radius 3 is 2.38 bits per heavy atom. The summed E-state index contributed by atoms with van der Waals surface area (Å²) in [5.74, 6) is 0.0777. The van der Waals surface area contributed by atoms with Crippen molar-refractivity contribution in [3.63, 3.8) is 0 Å². The summed E-state index contributed by atoms with van der Waals surface area (Å²) in [6, 6.07) is 5.41. The number of hydrogen-bond donors (Lipinski definition) is 1. The van der Waals surface area contributed by atoms with Crippen molar-refractivity contribution in [1.82, 2.24) is 4.90 Å². The Balaban J connectivity index is 1.93. The van der Waals surface area contributed by atoms with Crippen LogP contribution < -0.4 is 0 Å². The molecular weight excluding hydrogens is 303 g/mol. The molecule has 1 fully saturated rings. The van der Waals surface area contributed by atoms with E-state index >= 15 is 0 Å². The van der Waals surface area contributed by atoms with Crippen LogP contribution in [-0.2, 0) is 0 Å². The van der Waals surface area contributed by atoms with Crippen LogP contribution in [0.15, 0.2) is 29.2 Å². The van der Waals surface area contributed by atoms with E-state index in [-0.39, 0.29) is 28.7 Å². The van der Waals surface area contributed by atoms with E-state index in [4.69, 9.17) is 0 Å². The molecule has 21 heavy (non-hydrogen) atoms. The van der Waals surface area contributed by atoms with Gasteiger partial charge in [0.05, 0.1) is 6.10 Å². The average molecular weight is 319 g/mol. The lowest BCUT2D eigenvalue weighted by atomic mass is 9.82. The molecule has 1 N–H and O–H groups in total. The number of benzene rings is 1. The molecular formula is C14H16F3NO2S. The Bertz CT molecular complexity index is 498. The molecule has 0 heterocycles. The van der Waals surface area contributed by atoms with Gasteiger partial charge in [0.1, 0.15) is 0 Å². The van der Waals surface area contributed by atoms with Crippen LogP contribution >= 0.6 is 11.8 Å². The SMILES string of the molecule is CN(CC1CC(O)C1)C(=O)c1ccc(SC(F)(F)F)cc1. The maximum atomic E-state index is 12.2. The van der Waals surface area contributed by atoms with Gasteiger partial charge in [-0.05, 0) is 54.8 Å². The molecule has 7 heteroatoms. The molecule has 2 rings (SSSR count). The third-order valence-electron chi connectivity index (χ3n) is 3.42. The minimum absolute atomic E-state index is 0.0591. The summed E-state index contributed by atoms with van der Waals surface area (Å²) >= 11 is -0.199. The topological polar surface area (TPSA) is 40.5 Å². The molecule has 1 amide bonds. The third-order valence-corrected chi connectivity index (χ3v) is 4.16. The van der Waals surface area contributed by atoms with Crippen molar-refractivity contribution in [3.05, 3.63) is 29.8 Å². The molecule has 0 unspecified atom stereocenters. The first-order valence-corrected chi connectivity index (χ1v) is 7.35. The molecule has 1 aromatic carbocycles. The van der Waals surface area contributed by atoms with Crippen molar-refractivity contribution in [2.24, 2.45) is 5.92 Å². The van der Waals surface area contributed by atoms with E-state index in [0.717, 1.165) is 0 Å². The van der Waals surface area contributed by atoms with Crippen LogP contribution in [0.3, 0.4) is 0 Å². The van der Waals surface area contributed by atoms with E-state index in [9.17, 15) is 23.1 Å². The van der Waals surface area contributed by atoms with Gasteiger partial charge in [0, 0.05) is 24.1 Å². The molecule has 3 nitrogen and oxygen atoms in total. The fourth-order valence-corrected chi connectivity index (χ4v) is 2.88. The van der Waals surface area contributed by atoms with Crippen LogP contribution in [0.4, 0.5) is 13.2 Å². The molecule has 0 bridgehead atoms. The van der Waals surface area contributed by atoms with Crippen LogP contribution in [0.5, 0.6) is 0 Å². The Morgan fingerprint density at radius 1 is 1.33 bits per heavy atom. The first-order valence-electron chi connectivity index (χ1n) is 6.54. The number of carbonyl (C=O) groups is 1. The molecule has 0 saturated heterocycles. The number of alkyl halides is 3. The molecule has 0 aliphatic heterocycles. The summed E-state index contributed by atoms with van der Waals surface area (Å²) in [5.41, 5.74) is -3.96. The van der Waals surface area contributed by atoms with Crippen molar-refractivity contribution in [2.45, 2.75) is 29.3 Å². The van der Waals surface area contributed by atoms with Crippen molar-refractivity contribution in [1.29, 1.82) is 0 Å². The minimum atomic E-state index is -4.33. The largest absolute Gasteiger partial charge is 0.446 e. The lowest BCUT2D eigenvalue weighted by molar-refractivity contribution is -0.0328. The number of hydrogen-bond acceptors (Lipinski definition) is 3. The standard InChI is InChI=1S/C14H16F3NO2S/c1-18(8-9-6-11(19)7-9)13(20)10-2-4-12(5-3-10)21-14(15,16)17/h2-5,9,11,19H,6-8H2,1H3. The maximum absolute atomic E-state index is 12.2. The normalized spacial score (nSPS) is 21.8. The zero-order valence-corrected chi connectivity index (χ0v) is 12.2. The number of amides is 1. The molecule has 0 spiro atoms. The molecule has 0 aromatic heterocycles. The lowest BCUT2D eigenvalue weighted by Gasteiger charge is -2.34. The molecule has 116 valence electrons. The zero-order valence-electron chi connectivity index (χ0n) is 11.4. The van der Waals surface area contributed by atoms with E-state index in [1.165, 1.54) is 24.3 Å². The van der Waals surface area contributed by atoms with Crippen molar-refractivity contribution in [3.8, 4) is 0 Å². The van der Waals surface area contributed by atoms with Gasteiger partial charge in [-0.25, -0.2) is 0 Å². The van der Waals surface area contributed by atoms with Gasteiger partial charge in [-0.2, -0.15) is 13.2 Å². The number of rotatable bonds is 4. The summed E-state index contributed by atoms with van der Waals surface area (Å²) < 4.78 is 36.6. The van der Waals surface area contributed by atoms with Gasteiger partial charge in [-0.3, -0.25) is 4.79 Å². The quantitative estimate of drug-likeness (QED) is 0.867. The highest BCUT2D eigenvalue weighted by Crippen LogP contribution is 2.36. The average Bonchev–Trinajstić information content (AvgIpc) is 2.35. The number of nitrogens with zero attached hydrogens (tertiary/aromatic N) is 1. The zero-order chi connectivity index (χ0) is 15.6. The Hall–Kier alpha value is -1.21. The van der Waals surface area contributed by atoms with Crippen LogP contribution in [0.25, 0.3) is 0 Å². The van der Waals surface area contributed by atoms with Gasteiger partial charge in [0.25, 0.3) is 5.91 Å². The number of aliphatic hydroxyl groups is 1. The number of halogens is 3. The monoisotopic (exact) mass is 319 g/mol. The fourth-order valence-electron chi connectivity index (χ4n) is 2.34. The van der Waals surface area contributed by atoms with Crippen LogP contribution in [0.2, 0.25) is 0 Å². The smallest absolute Gasteiger partial charge is 0.393 e. The summed E-state index contributed by atoms with van der Waals surface area (Å²) in [6.45, 7) is 0.551. The van der Waals surface area contributed by atoms with Crippen molar-refractivity contribution < 1.29 is 23.1 Å². The number of thioether (sulfide) groups is 1. The molecule has 1 saturated carbocycles. The maximum Gasteiger partial charge on any atom is 0.446 e. The fraction of sp³-hybridized carbons (Fsp3) is 0.500. The first kappa shape index (κ1) is 16.2. The van der Waals surface area contributed by atoms with Gasteiger partial charge in [-0.15, -0.1) is 0 Å². The Morgan fingerprint density at radius 2 is 1.90 bits per heavy atom. The predicted octanol–water partition coefficient (Wildman–Crippen LogP) is 3.14. The lowest BCUT2D eigenvalue weighted by Crippen LogP contribution is -2.39. The van der Waals surface area contributed by atoms with E-state index in [1.807, 2.05) is 0 Å². The molecule has 0 atom stereocenters. The highest BCUT2D eigenvalue weighted by atomic mass is 32.2. The minimum Gasteiger partial charge on any atom is -0.393 e. The number of aliphatic hydroxyl groups excluding tert-OH is 1. The molecule has 1 aromatic rings. The highest BCUT2D eigenvalue weighted by Gasteiger charge is 2.30. The van der Waals surface area contributed by atoms with E-state index in [1.54, 1.807) is 11.9 Å². The summed E-state index contributed by atoms with van der Waals surface area (Å²) in [6.07, 6.45) is 1.12. The van der Waals surface area contributed by atoms with Crippen molar-refractivity contribution >= 4 is 17.7 Å². The van der Waals surface area contributed by atoms with E-state index < -0.39 is 5.51 Å².